The van der Waals surface area contributed by atoms with E-state index in [0.29, 0.717) is 6.54 Å². The van der Waals surface area contributed by atoms with E-state index in [-0.39, 0.29) is 5.82 Å². The maximum absolute atomic E-state index is 13.0. The number of hydrogen-bond donors (Lipinski definition) is 2. The Morgan fingerprint density at radius 2 is 2.00 bits per heavy atom. The molecule has 1 saturated heterocycles. The Balaban J connectivity index is 1.48. The monoisotopic (exact) mass is 375 g/mol. The summed E-state index contributed by atoms with van der Waals surface area (Å²) >= 11 is 1.74. The second kappa shape index (κ2) is 9.52. The van der Waals surface area contributed by atoms with Gasteiger partial charge in [0.25, 0.3) is 0 Å². The zero-order valence-corrected chi connectivity index (χ0v) is 16.0. The molecule has 1 aromatic carbocycles. The first-order valence-corrected chi connectivity index (χ1v) is 10.1. The van der Waals surface area contributed by atoms with E-state index >= 15 is 0 Å². The number of nitrogens with one attached hydrogen (secondary N) is 2. The quantitative estimate of drug-likeness (QED) is 0.576. The van der Waals surface area contributed by atoms with Crippen LogP contribution in [0.2, 0.25) is 0 Å². The van der Waals surface area contributed by atoms with Crippen molar-refractivity contribution in [3.63, 3.8) is 0 Å². The maximum atomic E-state index is 13.0. The second-order valence-corrected chi connectivity index (χ2v) is 7.15. The first kappa shape index (κ1) is 18.6. The van der Waals surface area contributed by atoms with Gasteiger partial charge in [0.15, 0.2) is 11.1 Å². The fourth-order valence-corrected chi connectivity index (χ4v) is 3.79. The summed E-state index contributed by atoms with van der Waals surface area (Å²) in [5.41, 5.74) is 2.11. The van der Waals surface area contributed by atoms with Gasteiger partial charge in [-0.25, -0.2) is 14.4 Å². The van der Waals surface area contributed by atoms with Crippen molar-refractivity contribution in [3.8, 4) is 0 Å². The second-order valence-electron chi connectivity index (χ2n) is 6.31. The maximum Gasteiger partial charge on any atom is 0.191 e. The van der Waals surface area contributed by atoms with Crippen LogP contribution in [0.3, 0.4) is 0 Å². The van der Waals surface area contributed by atoms with E-state index in [4.69, 9.17) is 4.98 Å². The van der Waals surface area contributed by atoms with Crippen molar-refractivity contribution in [2.45, 2.75) is 32.7 Å². The molecule has 0 radical (unpaired) electrons. The Morgan fingerprint density at radius 1 is 1.23 bits per heavy atom. The van der Waals surface area contributed by atoms with Gasteiger partial charge in [-0.2, -0.15) is 0 Å². The molecular formula is C19H26FN5S. The lowest BCUT2D eigenvalue weighted by molar-refractivity contribution is 0.627. The van der Waals surface area contributed by atoms with E-state index in [1.165, 1.54) is 25.0 Å². The molecule has 2 aromatic rings. The van der Waals surface area contributed by atoms with Gasteiger partial charge >= 0.3 is 0 Å². The number of guanidine groups is 1. The summed E-state index contributed by atoms with van der Waals surface area (Å²) in [7, 11) is 0. The third kappa shape index (κ3) is 5.42. The van der Waals surface area contributed by atoms with E-state index in [2.05, 4.69) is 25.9 Å². The highest BCUT2D eigenvalue weighted by molar-refractivity contribution is 7.13. The van der Waals surface area contributed by atoms with Gasteiger partial charge in [0.2, 0.25) is 0 Å². The number of nitrogens with zero attached hydrogens (tertiary/aromatic N) is 3. The lowest BCUT2D eigenvalue weighted by Crippen LogP contribution is -2.38. The number of anilines is 1. The molecule has 2 heterocycles. The minimum Gasteiger partial charge on any atom is -0.357 e. The Morgan fingerprint density at radius 3 is 2.73 bits per heavy atom. The van der Waals surface area contributed by atoms with Gasteiger partial charge in [-0.15, -0.1) is 11.3 Å². The molecular weight excluding hydrogens is 349 g/mol. The molecule has 3 rings (SSSR count). The lowest BCUT2D eigenvalue weighted by Gasteiger charge is -2.12. The average molecular weight is 376 g/mol. The topological polar surface area (TPSA) is 52.6 Å². The summed E-state index contributed by atoms with van der Waals surface area (Å²) in [6.07, 6.45) is 3.41. The minimum atomic E-state index is -0.223. The van der Waals surface area contributed by atoms with Crippen molar-refractivity contribution in [1.29, 1.82) is 0 Å². The first-order valence-electron chi connectivity index (χ1n) is 9.20. The van der Waals surface area contributed by atoms with Crippen LogP contribution < -0.4 is 15.5 Å². The van der Waals surface area contributed by atoms with Gasteiger partial charge in [0, 0.05) is 38.0 Å². The van der Waals surface area contributed by atoms with Gasteiger partial charge < -0.3 is 15.5 Å². The number of hydrogen-bond acceptors (Lipinski definition) is 4. The summed E-state index contributed by atoms with van der Waals surface area (Å²) in [5.74, 6) is 0.547. The number of halogens is 1. The molecule has 0 atom stereocenters. The van der Waals surface area contributed by atoms with Crippen molar-refractivity contribution in [2.24, 2.45) is 4.99 Å². The van der Waals surface area contributed by atoms with Crippen LogP contribution in [0.5, 0.6) is 0 Å². The zero-order valence-electron chi connectivity index (χ0n) is 15.2. The van der Waals surface area contributed by atoms with Crippen molar-refractivity contribution >= 4 is 22.4 Å². The molecule has 2 N–H and O–H groups in total. The molecule has 1 aromatic heterocycles. The molecule has 0 spiro atoms. The molecule has 0 aliphatic carbocycles. The number of aromatic nitrogens is 1. The highest BCUT2D eigenvalue weighted by Crippen LogP contribution is 2.24. The number of thiazole rings is 1. The Bertz CT molecular complexity index is 707. The first-order chi connectivity index (χ1) is 12.7. The summed E-state index contributed by atoms with van der Waals surface area (Å²) in [4.78, 5) is 11.7. The number of benzene rings is 1. The molecule has 1 aliphatic heterocycles. The van der Waals surface area contributed by atoms with E-state index in [1.807, 2.05) is 6.92 Å². The Hall–Kier alpha value is -2.15. The van der Waals surface area contributed by atoms with Crippen molar-refractivity contribution in [1.82, 2.24) is 15.6 Å². The van der Waals surface area contributed by atoms with Gasteiger partial charge in [0.05, 0.1) is 12.2 Å². The summed E-state index contributed by atoms with van der Waals surface area (Å²) in [5, 5.41) is 9.88. The highest BCUT2D eigenvalue weighted by atomic mass is 32.1. The molecule has 140 valence electrons. The predicted octanol–water partition coefficient (Wildman–Crippen LogP) is 3.18. The normalized spacial score (nSPS) is 14.7. The van der Waals surface area contributed by atoms with Crippen LogP contribution in [0.25, 0.3) is 0 Å². The molecule has 0 saturated carbocycles. The smallest absolute Gasteiger partial charge is 0.191 e. The van der Waals surface area contributed by atoms with E-state index < -0.39 is 0 Å². The van der Waals surface area contributed by atoms with Crippen LogP contribution in [-0.4, -0.2) is 37.1 Å². The van der Waals surface area contributed by atoms with Crippen LogP contribution in [0.4, 0.5) is 9.52 Å². The van der Waals surface area contributed by atoms with Gasteiger partial charge in [-0.1, -0.05) is 12.1 Å². The zero-order chi connectivity index (χ0) is 18.2. The Labute approximate surface area is 158 Å². The third-order valence-corrected chi connectivity index (χ3v) is 5.22. The van der Waals surface area contributed by atoms with E-state index in [9.17, 15) is 4.39 Å². The largest absolute Gasteiger partial charge is 0.357 e. The molecule has 0 amide bonds. The average Bonchev–Trinajstić information content (AvgIpc) is 3.32. The molecule has 0 bridgehead atoms. The van der Waals surface area contributed by atoms with Crippen molar-refractivity contribution < 1.29 is 4.39 Å². The van der Waals surface area contributed by atoms with E-state index in [0.717, 1.165) is 54.9 Å². The fourth-order valence-electron chi connectivity index (χ4n) is 2.88. The van der Waals surface area contributed by atoms with Crippen LogP contribution in [0, 0.1) is 5.82 Å². The molecule has 7 heteroatoms. The SMILES string of the molecule is CCNC(=NCc1ccc(F)cc1)NCCc1csc(N2CCCC2)n1. The predicted molar refractivity (Wildman–Crippen MR) is 106 cm³/mol. The van der Waals surface area contributed by atoms with Crippen LogP contribution in [0.15, 0.2) is 34.6 Å². The van der Waals surface area contributed by atoms with Crippen molar-refractivity contribution in [3.05, 3.63) is 46.7 Å². The standard InChI is InChI=1S/C19H26FN5S/c1-2-21-18(23-13-15-5-7-16(20)8-6-15)22-10-9-17-14-26-19(24-17)25-11-3-4-12-25/h5-8,14H,2-4,9-13H2,1H3,(H2,21,22,23). The van der Waals surface area contributed by atoms with Crippen LogP contribution in [0.1, 0.15) is 31.0 Å². The third-order valence-electron chi connectivity index (χ3n) is 4.27. The van der Waals surface area contributed by atoms with Gasteiger partial charge in [-0.05, 0) is 37.5 Å². The van der Waals surface area contributed by atoms with Crippen molar-refractivity contribution in [2.75, 3.05) is 31.1 Å². The number of rotatable bonds is 7. The van der Waals surface area contributed by atoms with Crippen LogP contribution in [-0.2, 0) is 13.0 Å². The lowest BCUT2D eigenvalue weighted by atomic mass is 10.2. The summed E-state index contributed by atoms with van der Waals surface area (Å²) in [6, 6.07) is 6.45. The molecule has 0 unspecified atom stereocenters. The summed E-state index contributed by atoms with van der Waals surface area (Å²) in [6.45, 7) is 6.39. The molecule has 26 heavy (non-hydrogen) atoms. The van der Waals surface area contributed by atoms with Gasteiger partial charge in [0.1, 0.15) is 5.82 Å². The van der Waals surface area contributed by atoms with Crippen LogP contribution >= 0.6 is 11.3 Å². The molecule has 1 fully saturated rings. The van der Waals surface area contributed by atoms with E-state index in [1.54, 1.807) is 23.5 Å². The molecule has 1 aliphatic rings. The highest BCUT2D eigenvalue weighted by Gasteiger charge is 2.15. The molecule has 5 nitrogen and oxygen atoms in total. The number of aliphatic imine (C=N–C) groups is 1. The summed E-state index contributed by atoms with van der Waals surface area (Å²) < 4.78 is 13.0. The minimum absolute atomic E-state index is 0.223. The van der Waals surface area contributed by atoms with Gasteiger partial charge in [-0.3, -0.25) is 0 Å². The fraction of sp³-hybridized carbons (Fsp3) is 0.474. The Kier molecular flexibility index (Phi) is 6.82.